The highest BCUT2D eigenvalue weighted by molar-refractivity contribution is 5.81. The number of carbonyl (C=O) groups excluding carboxylic acids is 1. The Bertz CT molecular complexity index is 207. The molecule has 0 unspecified atom stereocenters. The van der Waals surface area contributed by atoms with E-state index in [-0.39, 0.29) is 12.1 Å². The first-order valence-corrected chi connectivity index (χ1v) is 4.80. The molecular formula is C11H18O3. The van der Waals surface area contributed by atoms with E-state index in [9.17, 15) is 4.79 Å². The molecule has 14 heavy (non-hydrogen) atoms. The molecule has 0 aromatic carbocycles. The first kappa shape index (κ1) is 12.8. The maximum atomic E-state index is 10.8. The Balaban J connectivity index is 3.64. The number of carbonyl (C=O) groups is 1. The van der Waals surface area contributed by atoms with Crippen molar-refractivity contribution in [2.24, 2.45) is 0 Å². The molecule has 0 amide bonds. The van der Waals surface area contributed by atoms with E-state index in [1.54, 1.807) is 6.92 Å². The zero-order valence-electron chi connectivity index (χ0n) is 9.03. The van der Waals surface area contributed by atoms with Gasteiger partial charge in [0.15, 0.2) is 0 Å². The number of hydrogen-bond donors (Lipinski definition) is 0. The summed E-state index contributed by atoms with van der Waals surface area (Å²) in [6, 6.07) is 0. The fourth-order valence-electron chi connectivity index (χ4n) is 0.803. The van der Waals surface area contributed by atoms with Crippen LogP contribution in [0.15, 0.2) is 24.5 Å². The van der Waals surface area contributed by atoms with Gasteiger partial charge in [0, 0.05) is 6.42 Å². The molecule has 0 aliphatic rings. The van der Waals surface area contributed by atoms with E-state index in [1.165, 1.54) is 12.3 Å². The van der Waals surface area contributed by atoms with Gasteiger partial charge in [-0.15, -0.1) is 0 Å². The van der Waals surface area contributed by atoms with Crippen LogP contribution in [0.5, 0.6) is 0 Å². The van der Waals surface area contributed by atoms with Crippen LogP contribution >= 0.6 is 0 Å². The largest absolute Gasteiger partial charge is 0.498 e. The molecule has 0 saturated heterocycles. The monoisotopic (exact) mass is 198 g/mol. The maximum Gasteiger partial charge on any atom is 0.333 e. The highest BCUT2D eigenvalue weighted by atomic mass is 16.5. The standard InChI is InChI=1S/C11H18O3/c1-4-6-7-10(3)14-9-8-11(12)13-5-2/h4,6,8-10H,5,7H2,1-3H3/b6-4+,9-8+/t10-/m0/s1. The average Bonchev–Trinajstić information content (AvgIpc) is 2.15. The van der Waals surface area contributed by atoms with Crippen molar-refractivity contribution in [3.05, 3.63) is 24.5 Å². The molecule has 0 fully saturated rings. The van der Waals surface area contributed by atoms with E-state index in [1.807, 2.05) is 26.0 Å². The first-order chi connectivity index (χ1) is 6.70. The van der Waals surface area contributed by atoms with Crippen LogP contribution in [-0.2, 0) is 14.3 Å². The molecule has 0 bridgehead atoms. The van der Waals surface area contributed by atoms with Crippen molar-refractivity contribution in [3.63, 3.8) is 0 Å². The molecule has 80 valence electrons. The van der Waals surface area contributed by atoms with Gasteiger partial charge in [0.1, 0.15) is 0 Å². The van der Waals surface area contributed by atoms with E-state index in [0.29, 0.717) is 6.61 Å². The zero-order valence-corrected chi connectivity index (χ0v) is 9.03. The van der Waals surface area contributed by atoms with Crippen molar-refractivity contribution in [3.8, 4) is 0 Å². The molecule has 0 aromatic heterocycles. The molecule has 0 radical (unpaired) electrons. The molecular weight excluding hydrogens is 180 g/mol. The summed E-state index contributed by atoms with van der Waals surface area (Å²) in [5, 5.41) is 0. The van der Waals surface area contributed by atoms with E-state index < -0.39 is 0 Å². The van der Waals surface area contributed by atoms with Gasteiger partial charge < -0.3 is 9.47 Å². The Morgan fingerprint density at radius 1 is 1.50 bits per heavy atom. The summed E-state index contributed by atoms with van der Waals surface area (Å²) in [5.41, 5.74) is 0. The first-order valence-electron chi connectivity index (χ1n) is 4.80. The molecule has 0 spiro atoms. The van der Waals surface area contributed by atoms with Crippen molar-refractivity contribution < 1.29 is 14.3 Å². The highest BCUT2D eigenvalue weighted by Gasteiger charge is 1.97. The average molecular weight is 198 g/mol. The third-order valence-electron chi connectivity index (χ3n) is 1.51. The maximum absolute atomic E-state index is 10.8. The molecule has 0 rings (SSSR count). The summed E-state index contributed by atoms with van der Waals surface area (Å²) in [6.45, 7) is 6.05. The second kappa shape index (κ2) is 8.35. The molecule has 0 aliphatic carbocycles. The van der Waals surface area contributed by atoms with Crippen molar-refractivity contribution in [2.45, 2.75) is 33.3 Å². The van der Waals surface area contributed by atoms with Gasteiger partial charge in [-0.1, -0.05) is 12.2 Å². The minimum Gasteiger partial charge on any atom is -0.498 e. The van der Waals surface area contributed by atoms with Gasteiger partial charge >= 0.3 is 5.97 Å². The van der Waals surface area contributed by atoms with Gasteiger partial charge in [-0.05, 0) is 20.8 Å². The Morgan fingerprint density at radius 2 is 2.21 bits per heavy atom. The van der Waals surface area contributed by atoms with Crippen LogP contribution in [0.4, 0.5) is 0 Å². The molecule has 0 aromatic rings. The Labute approximate surface area is 85.4 Å². The van der Waals surface area contributed by atoms with Gasteiger partial charge in [0.2, 0.25) is 0 Å². The molecule has 1 atom stereocenters. The van der Waals surface area contributed by atoms with Crippen molar-refractivity contribution in [1.82, 2.24) is 0 Å². The number of allylic oxidation sites excluding steroid dienone is 1. The van der Waals surface area contributed by atoms with E-state index in [2.05, 4.69) is 4.74 Å². The van der Waals surface area contributed by atoms with Gasteiger partial charge in [0.25, 0.3) is 0 Å². The van der Waals surface area contributed by atoms with Crippen molar-refractivity contribution in [1.29, 1.82) is 0 Å². The van der Waals surface area contributed by atoms with Crippen LogP contribution in [-0.4, -0.2) is 18.7 Å². The summed E-state index contributed by atoms with van der Waals surface area (Å²) in [4.78, 5) is 10.8. The summed E-state index contributed by atoms with van der Waals surface area (Å²) in [6.07, 6.45) is 7.57. The lowest BCUT2D eigenvalue weighted by Crippen LogP contribution is -2.03. The fourth-order valence-corrected chi connectivity index (χ4v) is 0.803. The van der Waals surface area contributed by atoms with Crippen LogP contribution < -0.4 is 0 Å². The lowest BCUT2D eigenvalue weighted by molar-refractivity contribution is -0.137. The summed E-state index contributed by atoms with van der Waals surface area (Å²) in [5.74, 6) is -0.370. The number of rotatable bonds is 6. The Hall–Kier alpha value is -1.25. The van der Waals surface area contributed by atoms with E-state index in [4.69, 9.17) is 4.74 Å². The van der Waals surface area contributed by atoms with E-state index >= 15 is 0 Å². The van der Waals surface area contributed by atoms with Gasteiger partial charge in [-0.2, -0.15) is 0 Å². The SMILES string of the molecule is C/C=C/C[C@H](C)O/C=C/C(=O)OCC. The van der Waals surface area contributed by atoms with Crippen LogP contribution in [0, 0.1) is 0 Å². The molecule has 0 N–H and O–H groups in total. The lowest BCUT2D eigenvalue weighted by atomic mass is 10.3. The number of esters is 1. The third-order valence-corrected chi connectivity index (χ3v) is 1.51. The molecule has 3 nitrogen and oxygen atoms in total. The Morgan fingerprint density at radius 3 is 2.79 bits per heavy atom. The molecule has 0 heterocycles. The lowest BCUT2D eigenvalue weighted by Gasteiger charge is -2.07. The summed E-state index contributed by atoms with van der Waals surface area (Å²) >= 11 is 0. The van der Waals surface area contributed by atoms with Crippen LogP contribution in [0.2, 0.25) is 0 Å². The fraction of sp³-hybridized carbons (Fsp3) is 0.545. The minimum absolute atomic E-state index is 0.0804. The van der Waals surface area contributed by atoms with Crippen molar-refractivity contribution in [2.75, 3.05) is 6.61 Å². The highest BCUT2D eigenvalue weighted by Crippen LogP contribution is 1.99. The summed E-state index contributed by atoms with van der Waals surface area (Å²) in [7, 11) is 0. The van der Waals surface area contributed by atoms with E-state index in [0.717, 1.165) is 6.42 Å². The normalized spacial score (nSPS) is 13.4. The zero-order chi connectivity index (χ0) is 10.8. The third kappa shape index (κ3) is 7.40. The molecule has 3 heteroatoms. The predicted molar refractivity (Wildman–Crippen MR) is 55.8 cm³/mol. The van der Waals surface area contributed by atoms with Crippen molar-refractivity contribution >= 4 is 5.97 Å². The van der Waals surface area contributed by atoms with Crippen LogP contribution in [0.3, 0.4) is 0 Å². The molecule has 0 saturated carbocycles. The van der Waals surface area contributed by atoms with Crippen LogP contribution in [0.25, 0.3) is 0 Å². The quantitative estimate of drug-likeness (QED) is 0.284. The second-order valence-corrected chi connectivity index (χ2v) is 2.81. The smallest absolute Gasteiger partial charge is 0.333 e. The van der Waals surface area contributed by atoms with Crippen LogP contribution in [0.1, 0.15) is 27.2 Å². The van der Waals surface area contributed by atoms with Gasteiger partial charge in [-0.3, -0.25) is 0 Å². The predicted octanol–water partition coefficient (Wildman–Crippen LogP) is 2.43. The number of hydrogen-bond acceptors (Lipinski definition) is 3. The summed E-state index contributed by atoms with van der Waals surface area (Å²) < 4.78 is 9.91. The second-order valence-electron chi connectivity index (χ2n) is 2.81. The topological polar surface area (TPSA) is 35.5 Å². The number of ether oxygens (including phenoxy) is 2. The Kier molecular flexibility index (Phi) is 7.61. The molecule has 0 aliphatic heterocycles. The van der Waals surface area contributed by atoms with Gasteiger partial charge in [0.05, 0.1) is 25.0 Å². The minimum atomic E-state index is -0.370. The van der Waals surface area contributed by atoms with Gasteiger partial charge in [-0.25, -0.2) is 4.79 Å².